The summed E-state index contributed by atoms with van der Waals surface area (Å²) in [6.45, 7) is 7.69. The van der Waals surface area contributed by atoms with Crippen LogP contribution in [0.25, 0.3) is 0 Å². The highest BCUT2D eigenvalue weighted by Gasteiger charge is 2.29. The summed E-state index contributed by atoms with van der Waals surface area (Å²) in [4.78, 5) is 4.00. The molecule has 0 radical (unpaired) electrons. The van der Waals surface area contributed by atoms with Crippen molar-refractivity contribution in [2.75, 3.05) is 19.8 Å². The maximum absolute atomic E-state index is 8.16. The van der Waals surface area contributed by atoms with E-state index < -0.39 is 8.56 Å². The molecule has 5 heteroatoms. The van der Waals surface area contributed by atoms with E-state index >= 15 is 0 Å². The lowest BCUT2D eigenvalue weighted by molar-refractivity contribution is -0.242. The molecule has 4 nitrogen and oxygen atoms in total. The monoisotopic (exact) mass is 208 g/mol. The normalized spacial score (nSPS) is 12.0. The first kappa shape index (κ1) is 13.1. The second-order valence-electron chi connectivity index (χ2n) is 2.94. The highest BCUT2D eigenvalue weighted by molar-refractivity contribution is 6.66. The van der Waals surface area contributed by atoms with E-state index in [0.29, 0.717) is 19.8 Å². The van der Waals surface area contributed by atoms with E-state index in [4.69, 9.17) is 14.1 Å². The summed E-state index contributed by atoms with van der Waals surface area (Å²) in [5.74, 6) is 0. The van der Waals surface area contributed by atoms with Crippen LogP contribution in [0.5, 0.6) is 0 Å². The zero-order valence-corrected chi connectivity index (χ0v) is 9.71. The Labute approximate surface area is 81.0 Å². The molecule has 0 heterocycles. The standard InChI is InChI=1S/C8H20O4Si/c1-4-11-13(3,12-5-2)8-6-7-10-9/h9H,4-8H2,1-3H3. The second-order valence-corrected chi connectivity index (χ2v) is 6.28. The van der Waals surface area contributed by atoms with Crippen molar-refractivity contribution in [1.29, 1.82) is 0 Å². The molecule has 0 spiro atoms. The molecular formula is C8H20O4Si. The topological polar surface area (TPSA) is 47.9 Å². The molecule has 0 fully saturated rings. The van der Waals surface area contributed by atoms with E-state index in [1.807, 2.05) is 20.4 Å². The van der Waals surface area contributed by atoms with Gasteiger partial charge in [0.2, 0.25) is 0 Å². The predicted octanol–water partition coefficient (Wildman–Crippen LogP) is 2.01. The van der Waals surface area contributed by atoms with E-state index in [9.17, 15) is 0 Å². The zero-order valence-electron chi connectivity index (χ0n) is 8.71. The number of hydrogen-bond acceptors (Lipinski definition) is 4. The van der Waals surface area contributed by atoms with Gasteiger partial charge < -0.3 is 8.85 Å². The molecule has 0 aromatic carbocycles. The van der Waals surface area contributed by atoms with E-state index in [1.165, 1.54) is 0 Å². The van der Waals surface area contributed by atoms with Crippen LogP contribution in [-0.2, 0) is 13.7 Å². The summed E-state index contributed by atoms with van der Waals surface area (Å²) in [5.41, 5.74) is 0. The maximum atomic E-state index is 8.16. The maximum Gasteiger partial charge on any atom is 0.334 e. The lowest BCUT2D eigenvalue weighted by Crippen LogP contribution is -2.38. The Bertz CT molecular complexity index is 115. The quantitative estimate of drug-likeness (QED) is 0.287. The van der Waals surface area contributed by atoms with Gasteiger partial charge in [-0.3, -0.25) is 5.26 Å². The summed E-state index contributed by atoms with van der Waals surface area (Å²) in [6, 6.07) is 0.856. The lowest BCUT2D eigenvalue weighted by Gasteiger charge is -2.25. The Morgan fingerprint density at radius 1 is 1.15 bits per heavy atom. The summed E-state index contributed by atoms with van der Waals surface area (Å²) in [6.07, 6.45) is 0.777. The van der Waals surface area contributed by atoms with Crippen molar-refractivity contribution >= 4 is 8.56 Å². The van der Waals surface area contributed by atoms with Gasteiger partial charge in [-0.25, -0.2) is 4.89 Å². The van der Waals surface area contributed by atoms with Gasteiger partial charge in [0.1, 0.15) is 0 Å². The highest BCUT2D eigenvalue weighted by atomic mass is 28.4. The van der Waals surface area contributed by atoms with Crippen molar-refractivity contribution in [2.24, 2.45) is 0 Å². The molecule has 80 valence electrons. The van der Waals surface area contributed by atoms with Crippen LogP contribution in [0.1, 0.15) is 20.3 Å². The van der Waals surface area contributed by atoms with Crippen LogP contribution in [0.15, 0.2) is 0 Å². The first-order chi connectivity index (χ1) is 6.18. The molecule has 1 N–H and O–H groups in total. The smallest absolute Gasteiger partial charge is 0.334 e. The first-order valence-electron chi connectivity index (χ1n) is 4.72. The molecule has 0 saturated carbocycles. The summed E-state index contributed by atoms with van der Waals surface area (Å²) >= 11 is 0. The number of rotatable bonds is 8. The van der Waals surface area contributed by atoms with Crippen LogP contribution >= 0.6 is 0 Å². The predicted molar refractivity (Wildman–Crippen MR) is 52.9 cm³/mol. The minimum absolute atomic E-state index is 0.350. The Morgan fingerprint density at radius 2 is 1.69 bits per heavy atom. The van der Waals surface area contributed by atoms with Crippen molar-refractivity contribution < 1.29 is 19.0 Å². The molecule has 0 saturated heterocycles. The van der Waals surface area contributed by atoms with Gasteiger partial charge in [-0.2, -0.15) is 0 Å². The SMILES string of the molecule is CCO[Si](C)(CCCOO)OCC. The van der Waals surface area contributed by atoms with E-state index in [2.05, 4.69) is 4.89 Å². The largest absolute Gasteiger partial charge is 0.395 e. The van der Waals surface area contributed by atoms with Gasteiger partial charge in [0.25, 0.3) is 0 Å². The van der Waals surface area contributed by atoms with Gasteiger partial charge in [0.05, 0.1) is 6.61 Å². The lowest BCUT2D eigenvalue weighted by atomic mass is 10.5. The fourth-order valence-corrected chi connectivity index (χ4v) is 3.63. The molecule has 0 aromatic rings. The molecule has 0 rings (SSSR count). The Hall–Kier alpha value is 0.0569. The van der Waals surface area contributed by atoms with Gasteiger partial charge in [-0.05, 0) is 32.9 Å². The Morgan fingerprint density at radius 3 is 2.08 bits per heavy atom. The number of hydrogen-bond donors (Lipinski definition) is 1. The zero-order chi connectivity index (χ0) is 10.2. The van der Waals surface area contributed by atoms with E-state index in [0.717, 1.165) is 12.5 Å². The first-order valence-corrected chi connectivity index (χ1v) is 7.25. The summed E-state index contributed by atoms with van der Waals surface area (Å²) in [5, 5.41) is 8.16. The van der Waals surface area contributed by atoms with Gasteiger partial charge in [-0.1, -0.05) is 0 Å². The van der Waals surface area contributed by atoms with Crippen molar-refractivity contribution in [1.82, 2.24) is 0 Å². The third-order valence-electron chi connectivity index (χ3n) is 1.77. The van der Waals surface area contributed by atoms with E-state index in [-0.39, 0.29) is 0 Å². The fourth-order valence-electron chi connectivity index (χ4n) is 1.25. The van der Waals surface area contributed by atoms with Crippen molar-refractivity contribution in [3.05, 3.63) is 0 Å². The molecule has 0 atom stereocenters. The third-order valence-corrected chi connectivity index (χ3v) is 4.83. The molecule has 0 aromatic heterocycles. The minimum Gasteiger partial charge on any atom is -0.395 e. The molecule has 0 bridgehead atoms. The van der Waals surface area contributed by atoms with Gasteiger partial charge >= 0.3 is 8.56 Å². The average Bonchev–Trinajstić information content (AvgIpc) is 2.05. The third kappa shape index (κ3) is 6.17. The molecular weight excluding hydrogens is 188 g/mol. The van der Waals surface area contributed by atoms with Gasteiger partial charge in [0, 0.05) is 13.2 Å². The second kappa shape index (κ2) is 7.46. The fraction of sp³-hybridized carbons (Fsp3) is 1.00. The van der Waals surface area contributed by atoms with Crippen LogP contribution in [-0.4, -0.2) is 33.6 Å². The minimum atomic E-state index is -1.98. The molecule has 0 amide bonds. The van der Waals surface area contributed by atoms with Crippen molar-refractivity contribution in [3.8, 4) is 0 Å². The van der Waals surface area contributed by atoms with Crippen LogP contribution in [0, 0.1) is 0 Å². The molecule has 0 aliphatic carbocycles. The van der Waals surface area contributed by atoms with Crippen LogP contribution < -0.4 is 0 Å². The summed E-state index contributed by atoms with van der Waals surface area (Å²) in [7, 11) is -1.98. The Balaban J connectivity index is 3.76. The van der Waals surface area contributed by atoms with Crippen LogP contribution in [0.2, 0.25) is 12.6 Å². The average molecular weight is 208 g/mol. The van der Waals surface area contributed by atoms with Crippen LogP contribution in [0.4, 0.5) is 0 Å². The highest BCUT2D eigenvalue weighted by Crippen LogP contribution is 2.15. The van der Waals surface area contributed by atoms with Crippen LogP contribution in [0.3, 0.4) is 0 Å². The van der Waals surface area contributed by atoms with Gasteiger partial charge in [0.15, 0.2) is 0 Å². The molecule has 0 aliphatic heterocycles. The van der Waals surface area contributed by atoms with E-state index in [1.54, 1.807) is 0 Å². The molecule has 0 aliphatic rings. The molecule has 13 heavy (non-hydrogen) atoms. The Kier molecular flexibility index (Phi) is 7.49. The van der Waals surface area contributed by atoms with Gasteiger partial charge in [-0.15, -0.1) is 0 Å². The molecule has 0 unspecified atom stereocenters. The summed E-state index contributed by atoms with van der Waals surface area (Å²) < 4.78 is 11.2. The van der Waals surface area contributed by atoms with Crippen molar-refractivity contribution in [3.63, 3.8) is 0 Å². The van der Waals surface area contributed by atoms with Crippen molar-refractivity contribution in [2.45, 2.75) is 32.9 Å².